The fourth-order valence-electron chi connectivity index (χ4n) is 1.06. The zero-order valence-electron chi connectivity index (χ0n) is 11.4. The number of amides is 1. The van der Waals surface area contributed by atoms with Crippen LogP contribution in [-0.4, -0.2) is 29.5 Å². The molecule has 1 unspecified atom stereocenters. The van der Waals surface area contributed by atoms with E-state index in [0.717, 1.165) is 12.2 Å². The summed E-state index contributed by atoms with van der Waals surface area (Å²) in [6.07, 6.45) is 3.06. The van der Waals surface area contributed by atoms with Gasteiger partial charge in [0.2, 0.25) is 5.91 Å². The van der Waals surface area contributed by atoms with E-state index in [-0.39, 0.29) is 11.9 Å². The fourth-order valence-corrected chi connectivity index (χ4v) is 1.65. The Balaban J connectivity index is 4.35. The Labute approximate surface area is 104 Å². The molecule has 1 amide bonds. The van der Waals surface area contributed by atoms with Crippen LogP contribution in [0.2, 0.25) is 0 Å². The quantitative estimate of drug-likeness (QED) is 0.754. The Morgan fingerprint density at radius 3 is 2.25 bits per heavy atom. The maximum Gasteiger partial charge on any atom is 0.227 e. The van der Waals surface area contributed by atoms with Gasteiger partial charge < -0.3 is 11.1 Å². The van der Waals surface area contributed by atoms with Crippen molar-refractivity contribution in [3.63, 3.8) is 0 Å². The first kappa shape index (κ1) is 15.8. The molecular weight excluding hydrogens is 220 g/mol. The largest absolute Gasteiger partial charge is 0.353 e. The van der Waals surface area contributed by atoms with Crippen LogP contribution in [0.25, 0.3) is 0 Å². The maximum atomic E-state index is 12.1. The molecule has 0 rings (SSSR count). The third-order valence-electron chi connectivity index (χ3n) is 3.31. The smallest absolute Gasteiger partial charge is 0.227 e. The van der Waals surface area contributed by atoms with Crippen molar-refractivity contribution < 1.29 is 4.79 Å². The molecule has 16 heavy (non-hydrogen) atoms. The molecule has 0 aromatic carbocycles. The van der Waals surface area contributed by atoms with E-state index < -0.39 is 11.0 Å². The predicted molar refractivity (Wildman–Crippen MR) is 72.7 cm³/mol. The van der Waals surface area contributed by atoms with E-state index in [0.29, 0.717) is 0 Å². The highest BCUT2D eigenvalue weighted by Gasteiger charge is 2.40. The molecule has 0 saturated carbocycles. The minimum atomic E-state index is -0.555. The van der Waals surface area contributed by atoms with Crippen LogP contribution in [0.3, 0.4) is 0 Å². The Morgan fingerprint density at radius 1 is 1.38 bits per heavy atom. The molecule has 0 aliphatic rings. The van der Waals surface area contributed by atoms with Crippen LogP contribution >= 0.6 is 11.8 Å². The van der Waals surface area contributed by atoms with Crippen molar-refractivity contribution in [2.24, 2.45) is 11.1 Å². The van der Waals surface area contributed by atoms with E-state index in [9.17, 15) is 4.79 Å². The minimum Gasteiger partial charge on any atom is -0.353 e. The van der Waals surface area contributed by atoms with E-state index >= 15 is 0 Å². The lowest BCUT2D eigenvalue weighted by Gasteiger charge is -2.37. The molecule has 3 nitrogen and oxygen atoms in total. The van der Waals surface area contributed by atoms with E-state index in [1.807, 2.05) is 34.6 Å². The molecule has 0 aliphatic carbocycles. The van der Waals surface area contributed by atoms with Gasteiger partial charge in [-0.25, -0.2) is 0 Å². The molecule has 0 heterocycles. The van der Waals surface area contributed by atoms with Crippen molar-refractivity contribution in [1.29, 1.82) is 0 Å². The monoisotopic (exact) mass is 246 g/mol. The summed E-state index contributed by atoms with van der Waals surface area (Å²) in [5.74, 6) is 1.10. The Bertz CT molecular complexity index is 234. The molecule has 0 bridgehead atoms. The molecule has 0 spiro atoms. The summed E-state index contributed by atoms with van der Waals surface area (Å²) in [6, 6.07) is 0.210. The molecule has 0 radical (unpaired) electrons. The third-order valence-corrected chi connectivity index (χ3v) is 3.95. The van der Waals surface area contributed by atoms with Gasteiger partial charge in [0.05, 0.1) is 5.41 Å². The number of hydrogen-bond donors (Lipinski definition) is 2. The summed E-state index contributed by atoms with van der Waals surface area (Å²) >= 11 is 1.79. The fraction of sp³-hybridized carbons (Fsp3) is 0.917. The van der Waals surface area contributed by atoms with Gasteiger partial charge in [-0.05, 0) is 53.0 Å². The average molecular weight is 246 g/mol. The predicted octanol–water partition coefficient (Wildman–Crippen LogP) is 2.01. The van der Waals surface area contributed by atoms with Crippen LogP contribution in [0.4, 0.5) is 0 Å². The average Bonchev–Trinajstić information content (AvgIpc) is 2.12. The number of nitrogens with one attached hydrogen (secondary N) is 1. The van der Waals surface area contributed by atoms with Gasteiger partial charge in [-0.1, -0.05) is 0 Å². The zero-order chi connectivity index (χ0) is 13.0. The standard InChI is InChI=1S/C12H26N2OS/c1-9(7-8-16-6)14-10(15)11(2,3)12(4,5)13/h9H,7-8,13H2,1-6H3,(H,14,15). The van der Waals surface area contributed by atoms with Crippen molar-refractivity contribution in [1.82, 2.24) is 5.32 Å². The number of carbonyl (C=O) groups excluding carboxylic acids is 1. The van der Waals surface area contributed by atoms with Crippen LogP contribution in [0.15, 0.2) is 0 Å². The van der Waals surface area contributed by atoms with Gasteiger partial charge in [0.15, 0.2) is 0 Å². The zero-order valence-corrected chi connectivity index (χ0v) is 12.2. The first-order chi connectivity index (χ1) is 7.13. The number of nitrogens with two attached hydrogens (primary N) is 1. The van der Waals surface area contributed by atoms with Crippen molar-refractivity contribution in [3.8, 4) is 0 Å². The normalized spacial score (nSPS) is 14.7. The number of carbonyl (C=O) groups is 1. The van der Waals surface area contributed by atoms with Crippen molar-refractivity contribution in [3.05, 3.63) is 0 Å². The number of rotatable bonds is 6. The Morgan fingerprint density at radius 2 is 1.88 bits per heavy atom. The van der Waals surface area contributed by atoms with Gasteiger partial charge in [-0.2, -0.15) is 11.8 Å². The second-order valence-electron chi connectivity index (χ2n) is 5.50. The summed E-state index contributed by atoms with van der Waals surface area (Å²) in [5, 5.41) is 3.03. The third kappa shape index (κ3) is 4.34. The molecular formula is C12H26N2OS. The highest BCUT2D eigenvalue weighted by molar-refractivity contribution is 7.98. The van der Waals surface area contributed by atoms with Crippen LogP contribution in [0, 0.1) is 5.41 Å². The van der Waals surface area contributed by atoms with Crippen LogP contribution in [0.5, 0.6) is 0 Å². The lowest BCUT2D eigenvalue weighted by atomic mass is 9.74. The molecule has 0 aliphatic heterocycles. The van der Waals surface area contributed by atoms with Gasteiger partial charge in [-0.15, -0.1) is 0 Å². The van der Waals surface area contributed by atoms with Gasteiger partial charge in [0.25, 0.3) is 0 Å². The van der Waals surface area contributed by atoms with Gasteiger partial charge >= 0.3 is 0 Å². The van der Waals surface area contributed by atoms with E-state index in [4.69, 9.17) is 5.73 Å². The number of thioether (sulfide) groups is 1. The summed E-state index contributed by atoms with van der Waals surface area (Å²) in [4.78, 5) is 12.1. The Kier molecular flexibility index (Phi) is 5.84. The van der Waals surface area contributed by atoms with Crippen molar-refractivity contribution in [2.75, 3.05) is 12.0 Å². The van der Waals surface area contributed by atoms with Crippen LogP contribution in [-0.2, 0) is 4.79 Å². The molecule has 0 aromatic heterocycles. The highest BCUT2D eigenvalue weighted by atomic mass is 32.2. The summed E-state index contributed by atoms with van der Waals surface area (Å²) in [5.41, 5.74) is 4.95. The molecule has 0 fully saturated rings. The SMILES string of the molecule is CSCCC(C)NC(=O)C(C)(C)C(C)(C)N. The highest BCUT2D eigenvalue weighted by Crippen LogP contribution is 2.28. The molecule has 1 atom stereocenters. The molecule has 0 aromatic rings. The molecule has 4 heteroatoms. The maximum absolute atomic E-state index is 12.1. The Hall–Kier alpha value is -0.220. The molecule has 3 N–H and O–H groups in total. The summed E-state index contributed by atoms with van der Waals surface area (Å²) < 4.78 is 0. The van der Waals surface area contributed by atoms with Crippen LogP contribution < -0.4 is 11.1 Å². The summed E-state index contributed by atoms with van der Waals surface area (Å²) in [7, 11) is 0. The first-order valence-electron chi connectivity index (χ1n) is 5.71. The van der Waals surface area contributed by atoms with E-state index in [2.05, 4.69) is 11.6 Å². The van der Waals surface area contributed by atoms with Gasteiger partial charge in [0, 0.05) is 11.6 Å². The van der Waals surface area contributed by atoms with Gasteiger partial charge in [0.1, 0.15) is 0 Å². The minimum absolute atomic E-state index is 0.0357. The first-order valence-corrected chi connectivity index (χ1v) is 7.11. The van der Waals surface area contributed by atoms with Gasteiger partial charge in [-0.3, -0.25) is 4.79 Å². The molecule has 0 saturated heterocycles. The molecule has 96 valence electrons. The summed E-state index contributed by atoms with van der Waals surface area (Å²) in [6.45, 7) is 9.60. The van der Waals surface area contributed by atoms with E-state index in [1.54, 1.807) is 11.8 Å². The van der Waals surface area contributed by atoms with Crippen molar-refractivity contribution >= 4 is 17.7 Å². The lowest BCUT2D eigenvalue weighted by Crippen LogP contribution is -2.56. The lowest BCUT2D eigenvalue weighted by molar-refractivity contribution is -0.132. The van der Waals surface area contributed by atoms with Crippen LogP contribution in [0.1, 0.15) is 41.0 Å². The second kappa shape index (κ2) is 5.92. The topological polar surface area (TPSA) is 55.1 Å². The number of hydrogen-bond acceptors (Lipinski definition) is 3. The second-order valence-corrected chi connectivity index (χ2v) is 6.49. The van der Waals surface area contributed by atoms with E-state index in [1.165, 1.54) is 0 Å². The van der Waals surface area contributed by atoms with Crippen molar-refractivity contribution in [2.45, 2.75) is 52.6 Å².